The summed E-state index contributed by atoms with van der Waals surface area (Å²) in [6.07, 6.45) is 5.38. The summed E-state index contributed by atoms with van der Waals surface area (Å²) in [4.78, 5) is 15.9. The molecule has 0 unspecified atom stereocenters. The van der Waals surface area contributed by atoms with Gasteiger partial charge in [-0.05, 0) is 36.4 Å². The molecule has 7 heteroatoms. The molecular formula is C23H23N3O4. The van der Waals surface area contributed by atoms with Crippen molar-refractivity contribution in [3.05, 3.63) is 84.2 Å². The molecule has 7 nitrogen and oxygen atoms in total. The number of rotatable bonds is 10. The minimum atomic E-state index is -0.304. The van der Waals surface area contributed by atoms with E-state index in [1.807, 2.05) is 48.5 Å². The Morgan fingerprint density at radius 3 is 2.60 bits per heavy atom. The zero-order valence-electron chi connectivity index (χ0n) is 16.7. The minimum absolute atomic E-state index is 0.304. The first kappa shape index (κ1) is 20.9. The Hall–Kier alpha value is -3.87. The predicted molar refractivity (Wildman–Crippen MR) is 114 cm³/mol. The number of methoxy groups -OCH3 is 1. The topological polar surface area (TPSA) is 82.0 Å². The molecular weight excluding hydrogens is 382 g/mol. The maximum atomic E-state index is 12.0. The molecule has 0 saturated carbocycles. The van der Waals surface area contributed by atoms with Crippen LogP contribution in [0.5, 0.6) is 17.2 Å². The molecule has 0 spiro atoms. The molecule has 0 radical (unpaired) electrons. The SMILES string of the molecule is COc1cccc(OCCCOc2ccccc2/C=N/NC(=O)c2ccncc2)c1. The summed E-state index contributed by atoms with van der Waals surface area (Å²) in [6.45, 7) is 1.00. The third-order valence-electron chi connectivity index (χ3n) is 4.09. The van der Waals surface area contributed by atoms with E-state index >= 15 is 0 Å². The standard InChI is InChI=1S/C23H23N3O4/c1-28-20-7-4-8-21(16-20)29-14-5-15-30-22-9-3-2-6-19(22)17-25-26-23(27)18-10-12-24-13-11-18/h2-4,6-13,16-17H,5,14-15H2,1H3,(H,26,27)/b25-17+. The monoisotopic (exact) mass is 405 g/mol. The van der Waals surface area contributed by atoms with E-state index in [0.29, 0.717) is 30.9 Å². The fourth-order valence-electron chi connectivity index (χ4n) is 2.57. The highest BCUT2D eigenvalue weighted by Gasteiger charge is 2.04. The van der Waals surface area contributed by atoms with Crippen LogP contribution in [-0.2, 0) is 0 Å². The third-order valence-corrected chi connectivity index (χ3v) is 4.09. The van der Waals surface area contributed by atoms with Gasteiger partial charge in [-0.1, -0.05) is 18.2 Å². The van der Waals surface area contributed by atoms with Crippen LogP contribution in [0.2, 0.25) is 0 Å². The van der Waals surface area contributed by atoms with Crippen molar-refractivity contribution in [2.24, 2.45) is 5.10 Å². The molecule has 3 rings (SSSR count). The van der Waals surface area contributed by atoms with Gasteiger partial charge in [0.1, 0.15) is 17.2 Å². The maximum absolute atomic E-state index is 12.0. The third kappa shape index (κ3) is 6.34. The van der Waals surface area contributed by atoms with Crippen molar-refractivity contribution >= 4 is 12.1 Å². The Kier molecular flexibility index (Phi) is 7.79. The van der Waals surface area contributed by atoms with Gasteiger partial charge in [-0.15, -0.1) is 0 Å². The van der Waals surface area contributed by atoms with Crippen LogP contribution in [0, 0.1) is 0 Å². The van der Waals surface area contributed by atoms with Crippen molar-refractivity contribution in [2.75, 3.05) is 20.3 Å². The van der Waals surface area contributed by atoms with Crippen LogP contribution in [0.25, 0.3) is 0 Å². The highest BCUT2D eigenvalue weighted by molar-refractivity contribution is 5.94. The first-order chi connectivity index (χ1) is 14.8. The smallest absolute Gasteiger partial charge is 0.271 e. The number of aromatic nitrogens is 1. The van der Waals surface area contributed by atoms with E-state index in [0.717, 1.165) is 17.1 Å². The first-order valence-corrected chi connectivity index (χ1v) is 9.48. The Bertz CT molecular complexity index is 977. The molecule has 0 aliphatic heterocycles. The summed E-state index contributed by atoms with van der Waals surface area (Å²) < 4.78 is 16.7. The number of carbonyl (C=O) groups is 1. The Morgan fingerprint density at radius 1 is 1.00 bits per heavy atom. The van der Waals surface area contributed by atoms with Gasteiger partial charge >= 0.3 is 0 Å². The summed E-state index contributed by atoms with van der Waals surface area (Å²) >= 11 is 0. The number of nitrogens with zero attached hydrogens (tertiary/aromatic N) is 2. The number of pyridine rings is 1. The Morgan fingerprint density at radius 2 is 1.77 bits per heavy atom. The molecule has 154 valence electrons. The van der Waals surface area contributed by atoms with Gasteiger partial charge in [0.05, 0.1) is 26.5 Å². The molecule has 1 heterocycles. The number of hydrogen-bond acceptors (Lipinski definition) is 6. The number of carbonyl (C=O) groups excluding carboxylic acids is 1. The molecule has 0 aliphatic rings. The molecule has 0 aliphatic carbocycles. The number of nitrogens with one attached hydrogen (secondary N) is 1. The largest absolute Gasteiger partial charge is 0.497 e. The molecule has 30 heavy (non-hydrogen) atoms. The van der Waals surface area contributed by atoms with Crippen molar-refractivity contribution in [2.45, 2.75) is 6.42 Å². The quantitative estimate of drug-likeness (QED) is 0.316. The lowest BCUT2D eigenvalue weighted by molar-refractivity contribution is 0.0955. The van der Waals surface area contributed by atoms with Crippen LogP contribution in [0.1, 0.15) is 22.3 Å². The number of amides is 1. The average Bonchev–Trinajstić information content (AvgIpc) is 2.80. The molecule has 3 aromatic rings. The summed E-state index contributed by atoms with van der Waals surface area (Å²) in [5.41, 5.74) is 3.75. The van der Waals surface area contributed by atoms with E-state index < -0.39 is 0 Å². The summed E-state index contributed by atoms with van der Waals surface area (Å²) in [7, 11) is 1.62. The predicted octanol–water partition coefficient (Wildman–Crippen LogP) is 3.70. The van der Waals surface area contributed by atoms with E-state index in [2.05, 4.69) is 15.5 Å². The van der Waals surface area contributed by atoms with Gasteiger partial charge in [-0.2, -0.15) is 5.10 Å². The van der Waals surface area contributed by atoms with Crippen LogP contribution in [0.15, 0.2) is 78.2 Å². The lowest BCUT2D eigenvalue weighted by Gasteiger charge is -2.10. The van der Waals surface area contributed by atoms with E-state index in [9.17, 15) is 4.79 Å². The zero-order valence-corrected chi connectivity index (χ0v) is 16.7. The number of hydrogen-bond donors (Lipinski definition) is 1. The van der Waals surface area contributed by atoms with E-state index in [1.54, 1.807) is 37.9 Å². The van der Waals surface area contributed by atoms with Crippen LogP contribution in [0.4, 0.5) is 0 Å². The first-order valence-electron chi connectivity index (χ1n) is 9.48. The molecule has 0 bridgehead atoms. The highest BCUT2D eigenvalue weighted by atomic mass is 16.5. The van der Waals surface area contributed by atoms with Crippen molar-refractivity contribution in [3.63, 3.8) is 0 Å². The van der Waals surface area contributed by atoms with Crippen LogP contribution in [0.3, 0.4) is 0 Å². The molecule has 1 N–H and O–H groups in total. The molecule has 1 amide bonds. The number of ether oxygens (including phenoxy) is 3. The molecule has 1 aromatic heterocycles. The molecule has 0 fully saturated rings. The van der Waals surface area contributed by atoms with Crippen LogP contribution < -0.4 is 19.6 Å². The Labute approximate surface area is 175 Å². The highest BCUT2D eigenvalue weighted by Crippen LogP contribution is 2.19. The molecule has 0 atom stereocenters. The minimum Gasteiger partial charge on any atom is -0.497 e. The van der Waals surface area contributed by atoms with Gasteiger partial charge in [-0.25, -0.2) is 5.43 Å². The zero-order chi connectivity index (χ0) is 21.0. The van der Waals surface area contributed by atoms with E-state index in [4.69, 9.17) is 14.2 Å². The molecule has 2 aromatic carbocycles. The van der Waals surface area contributed by atoms with Gasteiger partial charge in [0, 0.05) is 36.0 Å². The van der Waals surface area contributed by atoms with Crippen molar-refractivity contribution in [1.29, 1.82) is 0 Å². The van der Waals surface area contributed by atoms with Crippen LogP contribution >= 0.6 is 0 Å². The van der Waals surface area contributed by atoms with Crippen LogP contribution in [-0.4, -0.2) is 37.4 Å². The van der Waals surface area contributed by atoms with Gasteiger partial charge < -0.3 is 14.2 Å². The van der Waals surface area contributed by atoms with Gasteiger partial charge in [0.25, 0.3) is 5.91 Å². The van der Waals surface area contributed by atoms with Crippen molar-refractivity contribution in [1.82, 2.24) is 10.4 Å². The molecule has 0 saturated heterocycles. The van der Waals surface area contributed by atoms with E-state index in [-0.39, 0.29) is 5.91 Å². The second-order valence-electron chi connectivity index (χ2n) is 6.20. The van der Waals surface area contributed by atoms with E-state index in [1.165, 1.54) is 0 Å². The number of para-hydroxylation sites is 1. The fourth-order valence-corrected chi connectivity index (χ4v) is 2.57. The second-order valence-corrected chi connectivity index (χ2v) is 6.20. The van der Waals surface area contributed by atoms with Gasteiger partial charge in [0.15, 0.2) is 0 Å². The number of hydrazone groups is 1. The fraction of sp³-hybridized carbons (Fsp3) is 0.174. The van der Waals surface area contributed by atoms with Gasteiger partial charge in [-0.3, -0.25) is 9.78 Å². The lowest BCUT2D eigenvalue weighted by Crippen LogP contribution is -2.17. The summed E-state index contributed by atoms with van der Waals surface area (Å²) in [5.74, 6) is 1.89. The van der Waals surface area contributed by atoms with Gasteiger partial charge in [0.2, 0.25) is 0 Å². The average molecular weight is 405 g/mol. The maximum Gasteiger partial charge on any atom is 0.271 e. The lowest BCUT2D eigenvalue weighted by atomic mass is 10.2. The summed E-state index contributed by atoms with van der Waals surface area (Å²) in [5, 5.41) is 4.02. The number of benzene rings is 2. The normalized spacial score (nSPS) is 10.6. The van der Waals surface area contributed by atoms with Crippen molar-refractivity contribution < 1.29 is 19.0 Å². The Balaban J connectivity index is 1.46. The summed E-state index contributed by atoms with van der Waals surface area (Å²) in [6, 6.07) is 18.2. The second kappa shape index (κ2) is 11.2. The van der Waals surface area contributed by atoms with Crippen molar-refractivity contribution in [3.8, 4) is 17.2 Å².